The van der Waals surface area contributed by atoms with Crippen LogP contribution in [0.3, 0.4) is 0 Å². The van der Waals surface area contributed by atoms with Crippen LogP contribution in [0, 0.1) is 0 Å². The molecule has 0 unspecified atom stereocenters. The Morgan fingerprint density at radius 1 is 1.56 bits per heavy atom. The Morgan fingerprint density at radius 2 is 2.38 bits per heavy atom. The molecule has 0 radical (unpaired) electrons. The van der Waals surface area contributed by atoms with Gasteiger partial charge in [-0.3, -0.25) is 4.79 Å². The quantitative estimate of drug-likeness (QED) is 0.895. The SMILES string of the molecule is N[C@@H]1CCN(C(=O)Cc2cccc(Br)c2)C1. The molecule has 4 heteroatoms. The first kappa shape index (κ1) is 11.6. The minimum absolute atomic E-state index is 0.159. The van der Waals surface area contributed by atoms with Gasteiger partial charge in [0, 0.05) is 23.6 Å². The van der Waals surface area contributed by atoms with E-state index in [9.17, 15) is 4.79 Å². The van der Waals surface area contributed by atoms with Crippen molar-refractivity contribution in [3.05, 3.63) is 34.3 Å². The second kappa shape index (κ2) is 4.97. The van der Waals surface area contributed by atoms with Crippen LogP contribution >= 0.6 is 15.9 Å². The number of amides is 1. The van der Waals surface area contributed by atoms with E-state index in [1.807, 2.05) is 29.2 Å². The molecule has 86 valence electrons. The summed E-state index contributed by atoms with van der Waals surface area (Å²) in [6, 6.07) is 8.01. The van der Waals surface area contributed by atoms with Gasteiger partial charge in [0.05, 0.1) is 6.42 Å². The number of rotatable bonds is 2. The Balaban J connectivity index is 1.97. The van der Waals surface area contributed by atoms with Crippen LogP contribution in [0.2, 0.25) is 0 Å². The molecule has 3 nitrogen and oxygen atoms in total. The summed E-state index contributed by atoms with van der Waals surface area (Å²) in [6.07, 6.45) is 1.39. The molecular weight excluding hydrogens is 268 g/mol. The molecule has 0 bridgehead atoms. The van der Waals surface area contributed by atoms with Crippen molar-refractivity contribution >= 4 is 21.8 Å². The van der Waals surface area contributed by atoms with Crippen molar-refractivity contribution in [3.63, 3.8) is 0 Å². The fraction of sp³-hybridized carbons (Fsp3) is 0.417. The van der Waals surface area contributed by atoms with Gasteiger partial charge < -0.3 is 10.6 Å². The molecule has 1 aliphatic heterocycles. The van der Waals surface area contributed by atoms with Crippen molar-refractivity contribution in [2.45, 2.75) is 18.9 Å². The number of carbonyl (C=O) groups excluding carboxylic acids is 1. The first-order chi connectivity index (χ1) is 7.65. The van der Waals surface area contributed by atoms with Gasteiger partial charge in [-0.2, -0.15) is 0 Å². The number of hydrogen-bond acceptors (Lipinski definition) is 2. The van der Waals surface area contributed by atoms with E-state index in [4.69, 9.17) is 5.73 Å². The van der Waals surface area contributed by atoms with Gasteiger partial charge in [-0.25, -0.2) is 0 Å². The van der Waals surface area contributed by atoms with Crippen molar-refractivity contribution < 1.29 is 4.79 Å². The van der Waals surface area contributed by atoms with Gasteiger partial charge in [0.2, 0.25) is 5.91 Å². The molecule has 1 atom stereocenters. The third-order valence-electron chi connectivity index (χ3n) is 2.82. The highest BCUT2D eigenvalue weighted by Gasteiger charge is 2.23. The van der Waals surface area contributed by atoms with Crippen LogP contribution in [0.5, 0.6) is 0 Å². The highest BCUT2D eigenvalue weighted by atomic mass is 79.9. The summed E-state index contributed by atoms with van der Waals surface area (Å²) in [5, 5.41) is 0. The predicted octanol–water partition coefficient (Wildman–Crippen LogP) is 1.55. The topological polar surface area (TPSA) is 46.3 Å². The highest BCUT2D eigenvalue weighted by Crippen LogP contribution is 2.14. The molecule has 2 rings (SSSR count). The fourth-order valence-electron chi connectivity index (χ4n) is 1.95. The van der Waals surface area contributed by atoms with Crippen molar-refractivity contribution in [3.8, 4) is 0 Å². The zero-order valence-corrected chi connectivity index (χ0v) is 10.6. The zero-order valence-electron chi connectivity index (χ0n) is 9.03. The summed E-state index contributed by atoms with van der Waals surface area (Å²) in [5.74, 6) is 0.172. The molecule has 1 saturated heterocycles. The van der Waals surface area contributed by atoms with Gasteiger partial charge in [-0.05, 0) is 24.1 Å². The number of likely N-dealkylation sites (tertiary alicyclic amines) is 1. The van der Waals surface area contributed by atoms with Crippen LogP contribution in [0.4, 0.5) is 0 Å². The van der Waals surface area contributed by atoms with E-state index in [0.29, 0.717) is 13.0 Å². The van der Waals surface area contributed by atoms with Gasteiger partial charge in [-0.1, -0.05) is 28.1 Å². The summed E-state index contributed by atoms with van der Waals surface area (Å²) in [7, 11) is 0. The Kier molecular flexibility index (Phi) is 3.61. The van der Waals surface area contributed by atoms with Gasteiger partial charge in [0.15, 0.2) is 0 Å². The molecule has 1 aromatic carbocycles. The van der Waals surface area contributed by atoms with Crippen molar-refractivity contribution in [1.29, 1.82) is 0 Å². The lowest BCUT2D eigenvalue weighted by Gasteiger charge is -2.15. The Morgan fingerprint density at radius 3 is 3.00 bits per heavy atom. The highest BCUT2D eigenvalue weighted by molar-refractivity contribution is 9.10. The predicted molar refractivity (Wildman–Crippen MR) is 67.0 cm³/mol. The molecule has 0 spiro atoms. The van der Waals surface area contributed by atoms with Gasteiger partial charge in [0.1, 0.15) is 0 Å². The van der Waals surface area contributed by atoms with Crippen molar-refractivity contribution in [1.82, 2.24) is 4.90 Å². The minimum atomic E-state index is 0.159. The van der Waals surface area contributed by atoms with E-state index in [1.54, 1.807) is 0 Å². The Bertz CT molecular complexity index is 394. The van der Waals surface area contributed by atoms with Crippen molar-refractivity contribution in [2.75, 3.05) is 13.1 Å². The van der Waals surface area contributed by atoms with Gasteiger partial charge >= 0.3 is 0 Å². The second-order valence-electron chi connectivity index (χ2n) is 4.20. The summed E-state index contributed by atoms with van der Waals surface area (Å²) >= 11 is 3.40. The maximum atomic E-state index is 11.9. The maximum Gasteiger partial charge on any atom is 0.227 e. The fourth-order valence-corrected chi connectivity index (χ4v) is 2.39. The average Bonchev–Trinajstić information content (AvgIpc) is 2.65. The third-order valence-corrected chi connectivity index (χ3v) is 3.32. The number of nitrogens with two attached hydrogens (primary N) is 1. The molecule has 1 aliphatic rings. The second-order valence-corrected chi connectivity index (χ2v) is 5.11. The Hall–Kier alpha value is -0.870. The van der Waals surface area contributed by atoms with Gasteiger partial charge in [-0.15, -0.1) is 0 Å². The molecule has 1 amide bonds. The van der Waals surface area contributed by atoms with E-state index in [0.717, 1.165) is 23.0 Å². The summed E-state index contributed by atoms with van der Waals surface area (Å²) in [4.78, 5) is 13.8. The molecule has 2 N–H and O–H groups in total. The van der Waals surface area contributed by atoms with E-state index >= 15 is 0 Å². The average molecular weight is 283 g/mol. The largest absolute Gasteiger partial charge is 0.341 e. The molecule has 16 heavy (non-hydrogen) atoms. The molecule has 0 aromatic heterocycles. The number of hydrogen-bond donors (Lipinski definition) is 1. The zero-order chi connectivity index (χ0) is 11.5. The smallest absolute Gasteiger partial charge is 0.227 e. The van der Waals surface area contributed by atoms with Crippen LogP contribution in [0.15, 0.2) is 28.7 Å². The molecular formula is C12H15BrN2O. The van der Waals surface area contributed by atoms with Gasteiger partial charge in [0.25, 0.3) is 0 Å². The molecule has 0 aliphatic carbocycles. The lowest BCUT2D eigenvalue weighted by Crippen LogP contribution is -2.32. The Labute approximate surface area is 104 Å². The van der Waals surface area contributed by atoms with Crippen LogP contribution in [0.1, 0.15) is 12.0 Å². The first-order valence-electron chi connectivity index (χ1n) is 5.43. The summed E-state index contributed by atoms with van der Waals surface area (Å²) < 4.78 is 1.01. The van der Waals surface area contributed by atoms with E-state index < -0.39 is 0 Å². The van der Waals surface area contributed by atoms with Crippen LogP contribution < -0.4 is 5.73 Å². The summed E-state index contributed by atoms with van der Waals surface area (Å²) in [6.45, 7) is 1.50. The number of benzene rings is 1. The number of halogens is 1. The lowest BCUT2D eigenvalue weighted by molar-refractivity contribution is -0.129. The number of nitrogens with zero attached hydrogens (tertiary/aromatic N) is 1. The molecule has 0 saturated carbocycles. The normalized spacial score (nSPS) is 20.1. The standard InChI is InChI=1S/C12H15BrN2O/c13-10-3-1-2-9(6-10)7-12(16)15-5-4-11(14)8-15/h1-3,6,11H,4-5,7-8,14H2/t11-/m1/s1. The van der Waals surface area contributed by atoms with Crippen LogP contribution in [-0.2, 0) is 11.2 Å². The van der Waals surface area contributed by atoms with Crippen LogP contribution in [-0.4, -0.2) is 29.9 Å². The molecule has 1 fully saturated rings. The molecule has 1 aromatic rings. The van der Waals surface area contributed by atoms with E-state index in [-0.39, 0.29) is 11.9 Å². The summed E-state index contributed by atoms with van der Waals surface area (Å²) in [5.41, 5.74) is 6.82. The first-order valence-corrected chi connectivity index (χ1v) is 6.22. The van der Waals surface area contributed by atoms with E-state index in [1.165, 1.54) is 0 Å². The van der Waals surface area contributed by atoms with Crippen LogP contribution in [0.25, 0.3) is 0 Å². The minimum Gasteiger partial charge on any atom is -0.341 e. The van der Waals surface area contributed by atoms with Crippen molar-refractivity contribution in [2.24, 2.45) is 5.73 Å². The third kappa shape index (κ3) is 2.83. The molecule has 1 heterocycles. The number of carbonyl (C=O) groups is 1. The van der Waals surface area contributed by atoms with E-state index in [2.05, 4.69) is 15.9 Å². The lowest BCUT2D eigenvalue weighted by atomic mass is 10.1. The monoisotopic (exact) mass is 282 g/mol. The maximum absolute atomic E-state index is 11.9.